The Kier molecular flexibility index (Phi) is 3.88. The van der Waals surface area contributed by atoms with Crippen molar-refractivity contribution >= 4 is 16.1 Å². The molecule has 0 spiro atoms. The molecule has 0 amide bonds. The third-order valence-corrected chi connectivity index (χ3v) is 2.41. The summed E-state index contributed by atoms with van der Waals surface area (Å²) in [7, 11) is -1.72. The van der Waals surface area contributed by atoms with Gasteiger partial charge in [0.2, 0.25) is 0 Å². The van der Waals surface area contributed by atoms with E-state index in [4.69, 9.17) is 14.7 Å². The van der Waals surface area contributed by atoms with Gasteiger partial charge < -0.3 is 19.3 Å². The first-order valence-electron chi connectivity index (χ1n) is 3.86. The molecule has 5 nitrogen and oxygen atoms in total. The van der Waals surface area contributed by atoms with Crippen LogP contribution in [0.15, 0.2) is 0 Å². The summed E-state index contributed by atoms with van der Waals surface area (Å²) in [5.41, 5.74) is 0. The molecule has 1 aliphatic rings. The van der Waals surface area contributed by atoms with Crippen LogP contribution < -0.4 is 0 Å². The summed E-state index contributed by atoms with van der Waals surface area (Å²) in [6.45, 7) is -0.426. The van der Waals surface area contributed by atoms with E-state index >= 15 is 0 Å². The number of hydrogen-bond donors (Lipinski definition) is 2. The molecule has 0 bridgehead atoms. The highest BCUT2D eigenvalue weighted by atomic mass is 31.1. The average Bonchev–Trinajstić information content (AvgIpc) is 2.31. The molecule has 5 atom stereocenters. The zero-order valence-electron chi connectivity index (χ0n) is 7.01. The van der Waals surface area contributed by atoms with E-state index in [1.807, 2.05) is 0 Å². The fraction of sp³-hybridized carbons (Fsp3) is 1.00. The monoisotopic (exact) mass is 212 g/mol. The van der Waals surface area contributed by atoms with Gasteiger partial charge in [0.25, 0.3) is 0 Å². The van der Waals surface area contributed by atoms with Crippen LogP contribution in [0.1, 0.15) is 0 Å². The Hall–Kier alpha value is 0.0649. The Bertz CT molecular complexity index is 205. The molecule has 2 unspecified atom stereocenters. The molecular formula is C5H11BFO5P. The van der Waals surface area contributed by atoms with Crippen LogP contribution in [0.5, 0.6) is 0 Å². The molecule has 0 aromatic heterocycles. The first kappa shape index (κ1) is 11.1. The Labute approximate surface area is 76.2 Å². The summed E-state index contributed by atoms with van der Waals surface area (Å²) >= 11 is 0. The largest absolute Gasteiger partial charge is 0.394 e. The molecule has 1 saturated heterocycles. The van der Waals surface area contributed by atoms with Crippen LogP contribution in [0.3, 0.4) is 0 Å². The molecular weight excluding hydrogens is 201 g/mol. The molecule has 1 aliphatic heterocycles. The minimum Gasteiger partial charge on any atom is -0.394 e. The van der Waals surface area contributed by atoms with Crippen molar-refractivity contribution in [3.05, 3.63) is 0 Å². The number of rotatable bonds is 3. The van der Waals surface area contributed by atoms with Crippen LogP contribution in [0.2, 0.25) is 0 Å². The van der Waals surface area contributed by atoms with E-state index in [-0.39, 0.29) is 0 Å². The van der Waals surface area contributed by atoms with E-state index in [0.717, 1.165) is 0 Å². The molecule has 1 rings (SSSR count). The van der Waals surface area contributed by atoms with Crippen molar-refractivity contribution in [1.29, 1.82) is 0 Å². The van der Waals surface area contributed by atoms with E-state index in [1.54, 1.807) is 0 Å². The second-order valence-corrected chi connectivity index (χ2v) is 3.62. The number of aliphatic hydroxyl groups excluding tert-OH is 1. The van der Waals surface area contributed by atoms with Gasteiger partial charge in [-0.15, -0.1) is 0 Å². The lowest BCUT2D eigenvalue weighted by molar-refractivity contribution is 0.00241. The Morgan fingerprint density at radius 1 is 1.69 bits per heavy atom. The summed E-state index contributed by atoms with van der Waals surface area (Å²) in [4.78, 5) is 8.45. The van der Waals surface area contributed by atoms with Crippen LogP contribution in [-0.2, 0) is 13.8 Å². The number of ether oxygens (including phenoxy) is 1. The van der Waals surface area contributed by atoms with Gasteiger partial charge in [0, 0.05) is 0 Å². The molecule has 2 N–H and O–H groups in total. The molecule has 1 heterocycles. The third-order valence-electron chi connectivity index (χ3n) is 1.94. The van der Waals surface area contributed by atoms with Crippen LogP contribution >= 0.6 is 8.25 Å². The minimum absolute atomic E-state index is 0.426. The molecule has 8 heteroatoms. The topological polar surface area (TPSA) is 76.0 Å². The summed E-state index contributed by atoms with van der Waals surface area (Å²) < 4.78 is 32.9. The maximum Gasteiger partial charge on any atom is 0.317 e. The van der Waals surface area contributed by atoms with Crippen molar-refractivity contribution in [1.82, 2.24) is 0 Å². The van der Waals surface area contributed by atoms with E-state index in [1.165, 1.54) is 7.85 Å². The Balaban J connectivity index is 2.62. The summed E-state index contributed by atoms with van der Waals surface area (Å²) in [5.74, 6) is 0. The van der Waals surface area contributed by atoms with Crippen molar-refractivity contribution in [2.45, 2.75) is 24.4 Å². The maximum absolute atomic E-state index is 13.2. The summed E-state index contributed by atoms with van der Waals surface area (Å²) in [6.07, 6.45) is -3.47. The highest BCUT2D eigenvalue weighted by Gasteiger charge is 2.43. The van der Waals surface area contributed by atoms with Crippen LogP contribution in [0, 0.1) is 0 Å². The zero-order valence-corrected chi connectivity index (χ0v) is 8.01. The second kappa shape index (κ2) is 4.53. The van der Waals surface area contributed by atoms with Gasteiger partial charge in [-0.05, 0) is 0 Å². The molecule has 0 saturated carbocycles. The fourth-order valence-corrected chi connectivity index (χ4v) is 1.82. The number of aliphatic hydroxyl groups is 1. The van der Waals surface area contributed by atoms with Crippen molar-refractivity contribution in [3.8, 4) is 0 Å². The number of halogens is 1. The maximum atomic E-state index is 13.2. The number of hydrogen-bond acceptors (Lipinski definition) is 4. The minimum atomic E-state index is -3.20. The predicted molar refractivity (Wildman–Crippen MR) is 45.3 cm³/mol. The number of alkyl halides is 1. The van der Waals surface area contributed by atoms with Crippen molar-refractivity contribution < 1.29 is 28.2 Å². The normalized spacial score (nSPS) is 42.1. The van der Waals surface area contributed by atoms with Gasteiger partial charge in [0.1, 0.15) is 26.2 Å². The molecule has 0 aliphatic carbocycles. The van der Waals surface area contributed by atoms with E-state index < -0.39 is 39.2 Å². The highest BCUT2D eigenvalue weighted by molar-refractivity contribution is 7.32. The first-order chi connectivity index (χ1) is 6.06. The Morgan fingerprint density at radius 3 is 2.77 bits per heavy atom. The van der Waals surface area contributed by atoms with Crippen LogP contribution in [-0.4, -0.2) is 48.8 Å². The van der Waals surface area contributed by atoms with Crippen molar-refractivity contribution in [2.24, 2.45) is 0 Å². The van der Waals surface area contributed by atoms with Gasteiger partial charge >= 0.3 is 8.25 Å². The van der Waals surface area contributed by atoms with Crippen molar-refractivity contribution in [2.75, 3.05) is 6.61 Å². The molecule has 1 fully saturated rings. The molecule has 0 aromatic carbocycles. The highest BCUT2D eigenvalue weighted by Crippen LogP contribution is 2.31. The second-order valence-electron chi connectivity index (χ2n) is 2.86. The first-order valence-corrected chi connectivity index (χ1v) is 5.12. The van der Waals surface area contributed by atoms with Gasteiger partial charge in [0.05, 0.1) is 12.6 Å². The smallest absolute Gasteiger partial charge is 0.317 e. The SMILES string of the molecule is B[C@@H]1O[C@H](CO)[C@H](O[PH](=O)O)C1F. The molecule has 0 aromatic rings. The van der Waals surface area contributed by atoms with E-state index in [0.29, 0.717) is 0 Å². The quantitative estimate of drug-likeness (QED) is 0.437. The summed E-state index contributed by atoms with van der Waals surface area (Å²) in [5, 5.41) is 8.74. The molecule has 13 heavy (non-hydrogen) atoms. The Morgan fingerprint density at radius 2 is 2.31 bits per heavy atom. The van der Waals surface area contributed by atoms with Gasteiger partial charge in [-0.25, -0.2) is 4.39 Å². The third kappa shape index (κ3) is 2.51. The lowest BCUT2D eigenvalue weighted by atomic mass is 9.94. The lowest BCUT2D eigenvalue weighted by Gasteiger charge is -2.15. The molecule has 0 radical (unpaired) electrons. The molecule has 76 valence electrons. The average molecular weight is 212 g/mol. The van der Waals surface area contributed by atoms with Gasteiger partial charge in [-0.1, -0.05) is 0 Å². The van der Waals surface area contributed by atoms with E-state index in [9.17, 15) is 8.96 Å². The van der Waals surface area contributed by atoms with Gasteiger partial charge in [-0.2, -0.15) is 0 Å². The standard InChI is InChI=1S/C5H11BFO5P/c6-5-3(7)4(12-13(9)10)2(1-8)11-5/h2-5,8,13H,1,6H2,(H,9,10)/t2-,3?,4+,5-/m1/s1. The zero-order chi connectivity index (χ0) is 10.0. The predicted octanol–water partition coefficient (Wildman–Crippen LogP) is -1.56. The van der Waals surface area contributed by atoms with Crippen LogP contribution in [0.25, 0.3) is 0 Å². The van der Waals surface area contributed by atoms with Gasteiger partial charge in [-0.3, -0.25) is 4.57 Å². The van der Waals surface area contributed by atoms with E-state index in [2.05, 4.69) is 4.52 Å². The fourth-order valence-electron chi connectivity index (χ4n) is 1.30. The lowest BCUT2D eigenvalue weighted by Crippen LogP contribution is -2.32. The van der Waals surface area contributed by atoms with Crippen LogP contribution in [0.4, 0.5) is 4.39 Å². The summed E-state index contributed by atoms with van der Waals surface area (Å²) in [6, 6.07) is -0.719. The van der Waals surface area contributed by atoms with Crippen molar-refractivity contribution in [3.63, 3.8) is 0 Å². The van der Waals surface area contributed by atoms with Gasteiger partial charge in [0.15, 0.2) is 0 Å².